The Balaban J connectivity index is 1.66. The largest absolute Gasteiger partial charge is 0.474 e. The molecule has 1 saturated carbocycles. The van der Waals surface area contributed by atoms with Crippen LogP contribution in [0.5, 0.6) is 0 Å². The van der Waals surface area contributed by atoms with Crippen molar-refractivity contribution in [1.29, 1.82) is 0 Å². The summed E-state index contributed by atoms with van der Waals surface area (Å²) in [5.74, 6) is 0.550. The van der Waals surface area contributed by atoms with Gasteiger partial charge >= 0.3 is 6.18 Å². The van der Waals surface area contributed by atoms with Crippen LogP contribution in [0.2, 0.25) is 0 Å². The van der Waals surface area contributed by atoms with Gasteiger partial charge in [-0.05, 0) is 62.9 Å². The first-order valence-electron chi connectivity index (χ1n) is 9.96. The van der Waals surface area contributed by atoms with Gasteiger partial charge in [-0.3, -0.25) is 4.79 Å². The Kier molecular flexibility index (Phi) is 6.72. The Labute approximate surface area is 178 Å². The van der Waals surface area contributed by atoms with E-state index in [-0.39, 0.29) is 17.9 Å². The predicted molar refractivity (Wildman–Crippen MR) is 112 cm³/mol. The van der Waals surface area contributed by atoms with Gasteiger partial charge < -0.3 is 15.8 Å². The fraction of sp³-hybridized carbons (Fsp3) is 0.364. The van der Waals surface area contributed by atoms with Crippen molar-refractivity contribution in [3.05, 3.63) is 66.2 Å². The Morgan fingerprint density at radius 1 is 1.23 bits per heavy atom. The van der Waals surface area contributed by atoms with Crippen molar-refractivity contribution < 1.29 is 22.7 Å². The average Bonchev–Trinajstić information content (AvgIpc) is 2.71. The molecular weight excluding hydrogens is 409 g/mol. The molecule has 1 heterocycles. The van der Waals surface area contributed by atoms with Crippen molar-refractivity contribution in [2.75, 3.05) is 5.32 Å². The smallest absolute Gasteiger partial charge is 0.416 e. The molecule has 3 N–H and O–H groups in total. The number of benzene rings is 1. The Bertz CT molecular complexity index is 912. The summed E-state index contributed by atoms with van der Waals surface area (Å²) in [4.78, 5) is 11.3. The number of hydrogen-bond acceptors (Lipinski definition) is 4. The normalized spacial score (nSPS) is 22.2. The third kappa shape index (κ3) is 5.90. The maximum atomic E-state index is 12.7. The van der Waals surface area contributed by atoms with Gasteiger partial charge in [-0.25, -0.2) is 5.01 Å². The number of nitrogens with zero attached hydrogens (tertiary/aromatic N) is 2. The number of primary amides is 1. The number of allylic oxidation sites excluding steroid dienone is 3. The molecule has 1 aliphatic carbocycles. The molecule has 1 aliphatic heterocycles. The zero-order valence-electron chi connectivity index (χ0n) is 17.2. The minimum atomic E-state index is -4.38. The monoisotopic (exact) mass is 434 g/mol. The van der Waals surface area contributed by atoms with Crippen molar-refractivity contribution in [2.45, 2.75) is 44.9 Å². The van der Waals surface area contributed by atoms with Crippen molar-refractivity contribution >= 4 is 17.4 Å². The number of hydrazone groups is 1. The van der Waals surface area contributed by atoms with Crippen molar-refractivity contribution in [2.24, 2.45) is 16.8 Å². The first-order valence-corrected chi connectivity index (χ1v) is 9.96. The van der Waals surface area contributed by atoms with Gasteiger partial charge in [0.25, 0.3) is 0 Å². The lowest BCUT2D eigenvalue weighted by molar-refractivity contribution is -0.137. The van der Waals surface area contributed by atoms with Gasteiger partial charge in [0.2, 0.25) is 11.8 Å². The minimum absolute atomic E-state index is 0.0676. The van der Waals surface area contributed by atoms with Crippen LogP contribution in [0, 0.1) is 5.92 Å². The van der Waals surface area contributed by atoms with Crippen LogP contribution in [-0.4, -0.2) is 22.9 Å². The summed E-state index contributed by atoms with van der Waals surface area (Å²) >= 11 is 0. The number of amides is 1. The topological polar surface area (TPSA) is 80.0 Å². The van der Waals surface area contributed by atoms with Crippen LogP contribution < -0.4 is 11.1 Å². The number of carbonyl (C=O) groups excluding carboxylic acids is 1. The number of alkyl halides is 3. The highest BCUT2D eigenvalue weighted by atomic mass is 19.4. The quantitative estimate of drug-likeness (QED) is 0.518. The molecule has 6 nitrogen and oxygen atoms in total. The first-order chi connectivity index (χ1) is 14.6. The minimum Gasteiger partial charge on any atom is -0.474 e. The van der Waals surface area contributed by atoms with E-state index >= 15 is 0 Å². The van der Waals surface area contributed by atoms with E-state index in [1.165, 1.54) is 17.1 Å². The molecule has 1 amide bonds. The lowest BCUT2D eigenvalue weighted by Crippen LogP contribution is -2.32. The SMILES string of the molecule is C=C1C=CC=C(O[C@H]2CC[C@H](C(N)=O)CC2)N1/N=C(\C)Nc1ccc(C(F)(F)F)cc1. The van der Waals surface area contributed by atoms with E-state index in [0.717, 1.165) is 12.1 Å². The number of anilines is 1. The van der Waals surface area contributed by atoms with Crippen LogP contribution in [0.15, 0.2) is 65.8 Å². The van der Waals surface area contributed by atoms with Crippen LogP contribution in [0.4, 0.5) is 18.9 Å². The average molecular weight is 434 g/mol. The highest BCUT2D eigenvalue weighted by molar-refractivity contribution is 5.93. The number of amidine groups is 1. The highest BCUT2D eigenvalue weighted by Crippen LogP contribution is 2.31. The summed E-state index contributed by atoms with van der Waals surface area (Å²) in [7, 11) is 0. The molecule has 9 heteroatoms. The summed E-state index contributed by atoms with van der Waals surface area (Å²) in [5, 5.41) is 8.98. The van der Waals surface area contributed by atoms with Gasteiger partial charge in [0.15, 0.2) is 0 Å². The van der Waals surface area contributed by atoms with E-state index in [0.29, 0.717) is 48.8 Å². The van der Waals surface area contributed by atoms with Gasteiger partial charge in [0.1, 0.15) is 11.9 Å². The summed E-state index contributed by atoms with van der Waals surface area (Å²) in [6.45, 7) is 5.66. The number of ether oxygens (including phenoxy) is 1. The van der Waals surface area contributed by atoms with Crippen molar-refractivity contribution in [1.82, 2.24) is 5.01 Å². The number of nitrogens with one attached hydrogen (secondary N) is 1. The van der Waals surface area contributed by atoms with E-state index in [2.05, 4.69) is 17.0 Å². The number of halogens is 3. The number of carbonyl (C=O) groups is 1. The number of nitrogens with two attached hydrogens (primary N) is 1. The molecule has 31 heavy (non-hydrogen) atoms. The number of rotatable bonds is 5. The van der Waals surface area contributed by atoms with Crippen LogP contribution in [0.3, 0.4) is 0 Å². The molecule has 0 spiro atoms. The molecule has 1 fully saturated rings. The van der Waals surface area contributed by atoms with Gasteiger partial charge in [-0.15, -0.1) is 0 Å². The van der Waals surface area contributed by atoms with Crippen LogP contribution >= 0.6 is 0 Å². The Hall–Kier alpha value is -3.23. The lowest BCUT2D eigenvalue weighted by atomic mass is 9.87. The molecule has 0 aromatic heterocycles. The van der Waals surface area contributed by atoms with Gasteiger partial charge in [-0.2, -0.15) is 18.3 Å². The fourth-order valence-corrected chi connectivity index (χ4v) is 3.49. The molecule has 1 aromatic rings. The van der Waals surface area contributed by atoms with Gasteiger partial charge in [-0.1, -0.05) is 12.7 Å². The molecule has 0 saturated heterocycles. The molecular formula is C22H25F3N4O2. The summed E-state index contributed by atoms with van der Waals surface area (Å²) in [6, 6.07) is 4.71. The molecule has 0 unspecified atom stereocenters. The number of hydrogen-bond donors (Lipinski definition) is 2. The molecule has 0 radical (unpaired) electrons. The molecule has 0 bridgehead atoms. The molecule has 2 aliphatic rings. The molecule has 1 aromatic carbocycles. The highest BCUT2D eigenvalue weighted by Gasteiger charge is 2.30. The van der Waals surface area contributed by atoms with E-state index in [1.54, 1.807) is 25.2 Å². The maximum absolute atomic E-state index is 12.7. The standard InChI is InChI=1S/C22H25F3N4O2/c1-14-4-3-5-20(31-19-12-6-16(7-13-19)21(26)30)29(14)28-15(2)27-18-10-8-17(9-11-18)22(23,24)25/h3-5,8-11,16,19H,1,6-7,12-13H2,2H3,(H2,26,30)(H,27,28)/t16-,19-. The second-order valence-corrected chi connectivity index (χ2v) is 7.55. The fourth-order valence-electron chi connectivity index (χ4n) is 3.49. The summed E-state index contributed by atoms with van der Waals surface area (Å²) < 4.78 is 44.3. The summed E-state index contributed by atoms with van der Waals surface area (Å²) in [6.07, 6.45) is 3.68. The van der Waals surface area contributed by atoms with Crippen molar-refractivity contribution in [3.8, 4) is 0 Å². The predicted octanol–water partition coefficient (Wildman–Crippen LogP) is 4.74. The Morgan fingerprint density at radius 3 is 2.45 bits per heavy atom. The second-order valence-electron chi connectivity index (χ2n) is 7.55. The zero-order chi connectivity index (χ0) is 22.6. The van der Waals surface area contributed by atoms with Gasteiger partial charge in [0, 0.05) is 17.7 Å². The van der Waals surface area contributed by atoms with E-state index in [1.807, 2.05) is 0 Å². The van der Waals surface area contributed by atoms with Crippen molar-refractivity contribution in [3.63, 3.8) is 0 Å². The van der Waals surface area contributed by atoms with Crippen LogP contribution in [0.25, 0.3) is 0 Å². The zero-order valence-corrected chi connectivity index (χ0v) is 17.2. The second kappa shape index (κ2) is 9.28. The lowest BCUT2D eigenvalue weighted by Gasteiger charge is -2.32. The van der Waals surface area contributed by atoms with Crippen LogP contribution in [0.1, 0.15) is 38.2 Å². The third-order valence-corrected chi connectivity index (χ3v) is 5.16. The first kappa shape index (κ1) is 22.5. The molecule has 3 rings (SSSR count). The Morgan fingerprint density at radius 2 is 1.87 bits per heavy atom. The third-order valence-electron chi connectivity index (χ3n) is 5.16. The maximum Gasteiger partial charge on any atom is 0.416 e. The summed E-state index contributed by atoms with van der Waals surface area (Å²) in [5.41, 5.74) is 5.72. The van der Waals surface area contributed by atoms with Gasteiger partial charge in [0.05, 0.1) is 11.3 Å². The van der Waals surface area contributed by atoms with E-state index < -0.39 is 11.7 Å². The van der Waals surface area contributed by atoms with E-state index in [4.69, 9.17) is 10.5 Å². The van der Waals surface area contributed by atoms with E-state index in [9.17, 15) is 18.0 Å². The molecule has 0 atom stereocenters. The molecule has 166 valence electrons. The van der Waals surface area contributed by atoms with Crippen LogP contribution in [-0.2, 0) is 15.7 Å².